The van der Waals surface area contributed by atoms with Gasteiger partial charge in [-0.3, -0.25) is 4.90 Å². The zero-order valence-electron chi connectivity index (χ0n) is 14.9. The third kappa shape index (κ3) is 3.71. The molecule has 1 aliphatic heterocycles. The van der Waals surface area contributed by atoms with Crippen LogP contribution in [0.15, 0.2) is 48.5 Å². The molecule has 2 amide bonds. The van der Waals surface area contributed by atoms with Gasteiger partial charge in [-0.2, -0.15) is 0 Å². The van der Waals surface area contributed by atoms with E-state index in [9.17, 15) is 4.79 Å². The number of benzene rings is 2. The van der Waals surface area contributed by atoms with Crippen LogP contribution in [0, 0.1) is 0 Å². The molecule has 0 saturated heterocycles. The Kier molecular flexibility index (Phi) is 4.83. The maximum atomic E-state index is 12.8. The lowest BCUT2D eigenvalue weighted by molar-refractivity contribution is 0.171. The van der Waals surface area contributed by atoms with Crippen molar-refractivity contribution in [3.8, 4) is 11.5 Å². The number of ether oxygens (including phenoxy) is 2. The van der Waals surface area contributed by atoms with Crippen molar-refractivity contribution in [2.24, 2.45) is 0 Å². The molecule has 0 saturated carbocycles. The number of urea groups is 1. The summed E-state index contributed by atoms with van der Waals surface area (Å²) in [5, 5.41) is 3.12. The first-order valence-corrected chi connectivity index (χ1v) is 8.56. The van der Waals surface area contributed by atoms with E-state index in [1.807, 2.05) is 69.3 Å². The molecule has 1 N–H and O–H groups in total. The van der Waals surface area contributed by atoms with E-state index >= 15 is 0 Å². The highest BCUT2D eigenvalue weighted by Gasteiger charge is 2.27. The number of rotatable bonds is 4. The fourth-order valence-corrected chi connectivity index (χ4v) is 2.89. The second-order valence-corrected chi connectivity index (χ2v) is 6.49. The molecule has 0 spiro atoms. The van der Waals surface area contributed by atoms with Crippen LogP contribution in [0.2, 0.25) is 0 Å². The number of para-hydroxylation sites is 1. The van der Waals surface area contributed by atoms with E-state index in [0.29, 0.717) is 19.8 Å². The van der Waals surface area contributed by atoms with Gasteiger partial charge in [-0.25, -0.2) is 4.79 Å². The molecule has 1 heterocycles. The molecule has 0 aliphatic carbocycles. The molecule has 2 aromatic carbocycles. The molecule has 0 aromatic heterocycles. The lowest BCUT2D eigenvalue weighted by atomic mass is 9.94. The van der Waals surface area contributed by atoms with Crippen molar-refractivity contribution < 1.29 is 14.3 Å². The predicted molar refractivity (Wildman–Crippen MR) is 98.5 cm³/mol. The number of carbonyl (C=O) groups excluding carboxylic acids is 1. The maximum Gasteiger partial charge on any atom is 0.322 e. The number of nitrogens with one attached hydrogen (secondary N) is 1. The largest absolute Gasteiger partial charge is 0.486 e. The SMILES string of the molecule is CCN(C(=O)NC(C)(C)c1ccc2c(c1)OCCO2)c1ccccc1. The summed E-state index contributed by atoms with van der Waals surface area (Å²) in [7, 11) is 0. The Bertz CT molecular complexity index is 744. The summed E-state index contributed by atoms with van der Waals surface area (Å²) in [6.45, 7) is 7.62. The van der Waals surface area contributed by atoms with Gasteiger partial charge in [0.1, 0.15) is 13.2 Å². The first kappa shape index (κ1) is 17.1. The standard InChI is InChI=1S/C20H24N2O3/c1-4-22(16-8-6-5-7-9-16)19(23)21-20(2,3)15-10-11-17-18(14-15)25-13-12-24-17/h5-11,14H,4,12-13H2,1-3H3,(H,21,23). The van der Waals surface area contributed by atoms with Crippen LogP contribution in [-0.2, 0) is 5.54 Å². The predicted octanol–water partition coefficient (Wildman–Crippen LogP) is 3.93. The Labute approximate surface area is 148 Å². The minimum absolute atomic E-state index is 0.131. The average Bonchev–Trinajstić information content (AvgIpc) is 2.62. The average molecular weight is 340 g/mol. The lowest BCUT2D eigenvalue weighted by Gasteiger charge is -2.32. The molecule has 132 valence electrons. The molecule has 2 aromatic rings. The molecule has 1 aliphatic rings. The third-order valence-electron chi connectivity index (χ3n) is 4.31. The van der Waals surface area contributed by atoms with Gasteiger partial charge in [-0.15, -0.1) is 0 Å². The normalized spacial score (nSPS) is 13.2. The van der Waals surface area contributed by atoms with Crippen LogP contribution in [0.5, 0.6) is 11.5 Å². The Morgan fingerprint density at radius 1 is 1.08 bits per heavy atom. The number of hydrogen-bond donors (Lipinski definition) is 1. The molecule has 5 nitrogen and oxygen atoms in total. The molecule has 0 bridgehead atoms. The fourth-order valence-electron chi connectivity index (χ4n) is 2.89. The minimum atomic E-state index is -0.547. The van der Waals surface area contributed by atoms with Crippen LogP contribution < -0.4 is 19.7 Å². The van der Waals surface area contributed by atoms with Gasteiger partial charge in [0.15, 0.2) is 11.5 Å². The van der Waals surface area contributed by atoms with Crippen molar-refractivity contribution >= 4 is 11.7 Å². The number of fused-ring (bicyclic) bond motifs is 1. The third-order valence-corrected chi connectivity index (χ3v) is 4.31. The highest BCUT2D eigenvalue weighted by atomic mass is 16.6. The summed E-state index contributed by atoms with van der Waals surface area (Å²) in [5.74, 6) is 1.47. The number of nitrogens with zero attached hydrogens (tertiary/aromatic N) is 1. The summed E-state index contributed by atoms with van der Waals surface area (Å²) < 4.78 is 11.2. The van der Waals surface area contributed by atoms with Crippen molar-refractivity contribution in [3.63, 3.8) is 0 Å². The molecule has 0 atom stereocenters. The van der Waals surface area contributed by atoms with Crippen molar-refractivity contribution in [1.29, 1.82) is 0 Å². The number of amides is 2. The number of anilines is 1. The maximum absolute atomic E-state index is 12.8. The van der Waals surface area contributed by atoms with Crippen LogP contribution in [0.3, 0.4) is 0 Å². The van der Waals surface area contributed by atoms with E-state index in [-0.39, 0.29) is 6.03 Å². The summed E-state index contributed by atoms with van der Waals surface area (Å²) in [6, 6.07) is 15.3. The highest BCUT2D eigenvalue weighted by molar-refractivity contribution is 5.92. The van der Waals surface area contributed by atoms with Gasteiger partial charge in [0, 0.05) is 12.2 Å². The molecule has 0 fully saturated rings. The van der Waals surface area contributed by atoms with E-state index < -0.39 is 5.54 Å². The molecular weight excluding hydrogens is 316 g/mol. The van der Waals surface area contributed by atoms with Gasteiger partial charge in [0.2, 0.25) is 0 Å². The molecule has 5 heteroatoms. The van der Waals surface area contributed by atoms with E-state index in [2.05, 4.69) is 5.32 Å². The van der Waals surface area contributed by atoms with E-state index in [0.717, 1.165) is 22.7 Å². The minimum Gasteiger partial charge on any atom is -0.486 e. The van der Waals surface area contributed by atoms with E-state index in [4.69, 9.17) is 9.47 Å². The summed E-state index contributed by atoms with van der Waals surface area (Å²) in [4.78, 5) is 14.5. The van der Waals surface area contributed by atoms with Crippen LogP contribution >= 0.6 is 0 Å². The summed E-state index contributed by atoms with van der Waals surface area (Å²) >= 11 is 0. The molecule has 0 unspecified atom stereocenters. The van der Waals surface area contributed by atoms with E-state index in [1.165, 1.54) is 0 Å². The number of hydrogen-bond acceptors (Lipinski definition) is 3. The fraction of sp³-hybridized carbons (Fsp3) is 0.350. The molecule has 3 rings (SSSR count). The second-order valence-electron chi connectivity index (χ2n) is 6.49. The quantitative estimate of drug-likeness (QED) is 0.917. The van der Waals surface area contributed by atoms with Gasteiger partial charge in [0.05, 0.1) is 5.54 Å². The van der Waals surface area contributed by atoms with Gasteiger partial charge < -0.3 is 14.8 Å². The smallest absolute Gasteiger partial charge is 0.322 e. The zero-order valence-corrected chi connectivity index (χ0v) is 14.9. The highest BCUT2D eigenvalue weighted by Crippen LogP contribution is 2.34. The Morgan fingerprint density at radius 3 is 2.44 bits per heavy atom. The summed E-state index contributed by atoms with van der Waals surface area (Å²) in [5.41, 5.74) is 1.30. The second kappa shape index (κ2) is 7.05. The van der Waals surface area contributed by atoms with Gasteiger partial charge in [-0.05, 0) is 50.6 Å². The van der Waals surface area contributed by atoms with E-state index in [1.54, 1.807) is 4.90 Å². The monoisotopic (exact) mass is 340 g/mol. The van der Waals surface area contributed by atoms with Crippen molar-refractivity contribution in [1.82, 2.24) is 5.32 Å². The van der Waals surface area contributed by atoms with Crippen LogP contribution in [0.4, 0.5) is 10.5 Å². The van der Waals surface area contributed by atoms with Crippen molar-refractivity contribution in [3.05, 3.63) is 54.1 Å². The first-order chi connectivity index (χ1) is 12.0. The van der Waals surface area contributed by atoms with Gasteiger partial charge in [-0.1, -0.05) is 24.3 Å². The van der Waals surface area contributed by atoms with Gasteiger partial charge in [0.25, 0.3) is 0 Å². The lowest BCUT2D eigenvalue weighted by Crippen LogP contribution is -2.48. The van der Waals surface area contributed by atoms with Crippen molar-refractivity contribution in [2.75, 3.05) is 24.7 Å². The van der Waals surface area contributed by atoms with Crippen LogP contribution in [0.25, 0.3) is 0 Å². The molecule has 0 radical (unpaired) electrons. The Morgan fingerprint density at radius 2 is 1.76 bits per heavy atom. The first-order valence-electron chi connectivity index (χ1n) is 8.56. The topological polar surface area (TPSA) is 50.8 Å². The zero-order chi connectivity index (χ0) is 17.9. The Hall–Kier alpha value is -2.69. The summed E-state index contributed by atoms with van der Waals surface area (Å²) in [6.07, 6.45) is 0. The molecular formula is C20H24N2O3. The Balaban J connectivity index is 1.79. The van der Waals surface area contributed by atoms with Crippen molar-refractivity contribution in [2.45, 2.75) is 26.3 Å². The van der Waals surface area contributed by atoms with Gasteiger partial charge >= 0.3 is 6.03 Å². The molecule has 25 heavy (non-hydrogen) atoms. The van der Waals surface area contributed by atoms with Crippen LogP contribution in [0.1, 0.15) is 26.3 Å². The van der Waals surface area contributed by atoms with Crippen LogP contribution in [-0.4, -0.2) is 25.8 Å². The number of carbonyl (C=O) groups is 1.